The Hall–Kier alpha value is -1.14. The van der Waals surface area contributed by atoms with Gasteiger partial charge >= 0.3 is 5.97 Å². The molecule has 2 fully saturated rings. The molecule has 0 saturated carbocycles. The molecule has 0 radical (unpaired) electrons. The standard InChI is InChI=1S/C15H26N2O4/c1-11(6-14(19)20)12-4-3-5-17(7-12)13(18)8-21-15(2)9-16-10-15/h11-12,16H,3-10H2,1-2H3,(H,19,20). The van der Waals surface area contributed by atoms with Crippen LogP contribution in [0.3, 0.4) is 0 Å². The van der Waals surface area contributed by atoms with E-state index in [1.165, 1.54) is 0 Å². The number of aliphatic carboxylic acids is 1. The fourth-order valence-electron chi connectivity index (χ4n) is 3.05. The van der Waals surface area contributed by atoms with E-state index < -0.39 is 5.97 Å². The van der Waals surface area contributed by atoms with Crippen molar-refractivity contribution in [3.63, 3.8) is 0 Å². The maximum atomic E-state index is 12.2. The Labute approximate surface area is 125 Å². The van der Waals surface area contributed by atoms with Crippen molar-refractivity contribution in [2.75, 3.05) is 32.8 Å². The minimum atomic E-state index is -0.764. The quantitative estimate of drug-likeness (QED) is 0.755. The molecular weight excluding hydrogens is 272 g/mol. The van der Waals surface area contributed by atoms with Gasteiger partial charge in [0.05, 0.1) is 5.60 Å². The number of carboxylic acid groups (broad SMARTS) is 1. The van der Waals surface area contributed by atoms with E-state index in [1.807, 2.05) is 18.7 Å². The molecule has 120 valence electrons. The number of carboxylic acids is 1. The molecule has 2 heterocycles. The van der Waals surface area contributed by atoms with Gasteiger partial charge in [0.1, 0.15) is 6.61 Å². The average Bonchev–Trinajstić information content (AvgIpc) is 2.42. The number of ether oxygens (including phenoxy) is 1. The Morgan fingerprint density at radius 2 is 2.19 bits per heavy atom. The Bertz CT molecular complexity index is 395. The zero-order chi connectivity index (χ0) is 15.5. The number of nitrogens with one attached hydrogen (secondary N) is 1. The Balaban J connectivity index is 1.79. The molecule has 21 heavy (non-hydrogen) atoms. The number of carbonyl (C=O) groups is 2. The van der Waals surface area contributed by atoms with Crippen LogP contribution in [0, 0.1) is 11.8 Å². The first kappa shape index (κ1) is 16.2. The minimum absolute atomic E-state index is 0.0235. The topological polar surface area (TPSA) is 78.9 Å². The first-order chi connectivity index (χ1) is 9.89. The van der Waals surface area contributed by atoms with Gasteiger partial charge in [0.25, 0.3) is 0 Å². The summed E-state index contributed by atoms with van der Waals surface area (Å²) in [6, 6.07) is 0. The molecule has 2 N–H and O–H groups in total. The highest BCUT2D eigenvalue weighted by Crippen LogP contribution is 2.26. The highest BCUT2D eigenvalue weighted by molar-refractivity contribution is 5.77. The molecule has 6 heteroatoms. The summed E-state index contributed by atoms with van der Waals surface area (Å²) in [5.74, 6) is -0.359. The lowest BCUT2D eigenvalue weighted by molar-refractivity contribution is -0.148. The third-order valence-electron chi connectivity index (χ3n) is 4.65. The van der Waals surface area contributed by atoms with E-state index in [-0.39, 0.29) is 36.4 Å². The summed E-state index contributed by atoms with van der Waals surface area (Å²) in [5.41, 5.74) is -0.207. The van der Waals surface area contributed by atoms with Gasteiger partial charge in [-0.15, -0.1) is 0 Å². The van der Waals surface area contributed by atoms with Crippen LogP contribution >= 0.6 is 0 Å². The number of likely N-dealkylation sites (tertiary alicyclic amines) is 1. The van der Waals surface area contributed by atoms with Crippen LogP contribution in [0.5, 0.6) is 0 Å². The molecule has 2 aliphatic heterocycles. The molecule has 2 aliphatic rings. The molecule has 0 aromatic rings. The van der Waals surface area contributed by atoms with Gasteiger partial charge in [0.15, 0.2) is 0 Å². The maximum Gasteiger partial charge on any atom is 0.303 e. The second kappa shape index (κ2) is 6.75. The van der Waals surface area contributed by atoms with E-state index in [0.717, 1.165) is 32.5 Å². The van der Waals surface area contributed by atoms with Gasteiger partial charge in [-0.25, -0.2) is 0 Å². The van der Waals surface area contributed by atoms with Gasteiger partial charge in [-0.05, 0) is 31.6 Å². The van der Waals surface area contributed by atoms with E-state index in [2.05, 4.69) is 5.32 Å². The highest BCUT2D eigenvalue weighted by Gasteiger charge is 2.34. The third-order valence-corrected chi connectivity index (χ3v) is 4.65. The van der Waals surface area contributed by atoms with Crippen molar-refractivity contribution in [2.24, 2.45) is 11.8 Å². The second-order valence-corrected chi connectivity index (χ2v) is 6.66. The summed E-state index contributed by atoms with van der Waals surface area (Å²) in [6.07, 6.45) is 2.12. The third kappa shape index (κ3) is 4.41. The number of amides is 1. The summed E-state index contributed by atoms with van der Waals surface area (Å²) in [5, 5.41) is 12.0. The van der Waals surface area contributed by atoms with Gasteiger partial charge in [-0.2, -0.15) is 0 Å². The molecule has 0 bridgehead atoms. The van der Waals surface area contributed by atoms with E-state index in [1.54, 1.807) is 0 Å². The fraction of sp³-hybridized carbons (Fsp3) is 0.867. The van der Waals surface area contributed by atoms with Crippen molar-refractivity contribution < 1.29 is 19.4 Å². The number of rotatable bonds is 6. The van der Waals surface area contributed by atoms with Gasteiger partial charge in [0, 0.05) is 32.6 Å². The molecule has 0 aromatic heterocycles. The molecule has 0 aliphatic carbocycles. The lowest BCUT2D eigenvalue weighted by atomic mass is 9.84. The molecule has 1 amide bonds. The van der Waals surface area contributed by atoms with Crippen molar-refractivity contribution in [3.8, 4) is 0 Å². The number of hydrogen-bond donors (Lipinski definition) is 2. The van der Waals surface area contributed by atoms with Gasteiger partial charge in [-0.3, -0.25) is 9.59 Å². The zero-order valence-corrected chi connectivity index (χ0v) is 12.9. The molecule has 0 aromatic carbocycles. The fourth-order valence-corrected chi connectivity index (χ4v) is 3.05. The van der Waals surface area contributed by atoms with Crippen LogP contribution in [0.1, 0.15) is 33.1 Å². The second-order valence-electron chi connectivity index (χ2n) is 6.66. The SMILES string of the molecule is CC(CC(=O)O)C1CCCN(C(=O)COC2(C)CNC2)C1. The molecule has 2 saturated heterocycles. The normalized spacial score (nSPS) is 26.0. The van der Waals surface area contributed by atoms with E-state index in [0.29, 0.717) is 6.54 Å². The van der Waals surface area contributed by atoms with Crippen LogP contribution in [0.15, 0.2) is 0 Å². The Kier molecular flexibility index (Phi) is 5.22. The number of piperidine rings is 1. The molecule has 2 unspecified atom stereocenters. The van der Waals surface area contributed by atoms with Crippen LogP contribution in [0.25, 0.3) is 0 Å². The number of carbonyl (C=O) groups excluding carboxylic acids is 1. The Morgan fingerprint density at radius 3 is 2.76 bits per heavy atom. The predicted octanol–water partition coefficient (Wildman–Crippen LogP) is 0.714. The van der Waals surface area contributed by atoms with Crippen molar-refractivity contribution in [1.29, 1.82) is 0 Å². The Morgan fingerprint density at radius 1 is 1.48 bits per heavy atom. The summed E-state index contributed by atoms with van der Waals surface area (Å²) in [4.78, 5) is 24.9. The largest absolute Gasteiger partial charge is 0.481 e. The van der Waals surface area contributed by atoms with Gasteiger partial charge in [0.2, 0.25) is 5.91 Å². The summed E-state index contributed by atoms with van der Waals surface area (Å²) in [6.45, 7) is 7.09. The number of nitrogens with zero attached hydrogens (tertiary/aromatic N) is 1. The molecule has 0 spiro atoms. The van der Waals surface area contributed by atoms with Crippen LogP contribution in [-0.2, 0) is 14.3 Å². The van der Waals surface area contributed by atoms with E-state index in [4.69, 9.17) is 9.84 Å². The zero-order valence-electron chi connectivity index (χ0n) is 12.9. The first-order valence-corrected chi connectivity index (χ1v) is 7.74. The average molecular weight is 298 g/mol. The molecule has 6 nitrogen and oxygen atoms in total. The van der Waals surface area contributed by atoms with Gasteiger partial charge in [-0.1, -0.05) is 6.92 Å². The van der Waals surface area contributed by atoms with Crippen molar-refractivity contribution in [2.45, 2.75) is 38.7 Å². The summed E-state index contributed by atoms with van der Waals surface area (Å²) >= 11 is 0. The van der Waals surface area contributed by atoms with Gasteiger partial charge < -0.3 is 20.1 Å². The van der Waals surface area contributed by atoms with Crippen LogP contribution in [0.2, 0.25) is 0 Å². The van der Waals surface area contributed by atoms with Crippen molar-refractivity contribution in [1.82, 2.24) is 10.2 Å². The van der Waals surface area contributed by atoms with Crippen LogP contribution in [0.4, 0.5) is 0 Å². The summed E-state index contributed by atoms with van der Waals surface area (Å²) < 4.78 is 5.69. The molecular formula is C15H26N2O4. The van der Waals surface area contributed by atoms with E-state index in [9.17, 15) is 9.59 Å². The predicted molar refractivity (Wildman–Crippen MR) is 77.9 cm³/mol. The highest BCUT2D eigenvalue weighted by atomic mass is 16.5. The maximum absolute atomic E-state index is 12.2. The lowest BCUT2D eigenvalue weighted by Crippen LogP contribution is -2.60. The minimum Gasteiger partial charge on any atom is -0.481 e. The summed E-state index contributed by atoms with van der Waals surface area (Å²) in [7, 11) is 0. The smallest absolute Gasteiger partial charge is 0.303 e. The molecule has 2 rings (SSSR count). The van der Waals surface area contributed by atoms with E-state index >= 15 is 0 Å². The first-order valence-electron chi connectivity index (χ1n) is 7.74. The van der Waals surface area contributed by atoms with Crippen LogP contribution in [-0.4, -0.2) is 60.3 Å². The monoisotopic (exact) mass is 298 g/mol. The lowest BCUT2D eigenvalue weighted by Gasteiger charge is -2.40. The van der Waals surface area contributed by atoms with Crippen molar-refractivity contribution >= 4 is 11.9 Å². The van der Waals surface area contributed by atoms with Crippen LogP contribution < -0.4 is 5.32 Å². The molecule has 2 atom stereocenters. The van der Waals surface area contributed by atoms with Crippen molar-refractivity contribution in [3.05, 3.63) is 0 Å². The number of hydrogen-bond acceptors (Lipinski definition) is 4.